The first-order valence-electron chi connectivity index (χ1n) is 34.2. The molecule has 0 aliphatic carbocycles. The minimum absolute atomic E-state index is 0.134. The minimum atomic E-state index is -2.82. The van der Waals surface area contributed by atoms with Crippen LogP contribution >= 0.6 is 0 Å². The highest BCUT2D eigenvalue weighted by molar-refractivity contribution is 6.12. The van der Waals surface area contributed by atoms with Gasteiger partial charge in [0.2, 0.25) is 58.4 Å². The predicted octanol–water partition coefficient (Wildman–Crippen LogP) is 2.73. The number of aliphatic hydroxyl groups excluding tert-OH is 1. The largest absolute Gasteiger partial charge is 0.504 e. The topological polar surface area (TPSA) is 811 Å². The van der Waals surface area contributed by atoms with Crippen LogP contribution in [0.15, 0.2) is 66.7 Å². The van der Waals surface area contributed by atoms with Crippen molar-refractivity contribution in [2.75, 3.05) is 13.2 Å². The van der Waals surface area contributed by atoms with E-state index in [1.165, 1.54) is 0 Å². The summed E-state index contributed by atoms with van der Waals surface area (Å²) in [5, 5.41) is 297. The van der Waals surface area contributed by atoms with Crippen molar-refractivity contribution >= 4 is 53.7 Å². The number of fused-ring (bicyclic) bond motifs is 13. The van der Waals surface area contributed by atoms with Gasteiger partial charge in [-0.1, -0.05) is 0 Å². The molecule has 0 radical (unpaired) electrons. The highest BCUT2D eigenvalue weighted by atomic mass is 16.8. The van der Waals surface area contributed by atoms with Gasteiger partial charge in [0.05, 0.1) is 44.5 Å². The van der Waals surface area contributed by atoms with E-state index in [2.05, 4.69) is 0 Å². The summed E-state index contributed by atoms with van der Waals surface area (Å²) in [4.78, 5) is 133. The van der Waals surface area contributed by atoms with Crippen molar-refractivity contribution in [3.8, 4) is 194 Å². The quantitative estimate of drug-likeness (QED) is 0.0561. The predicted molar refractivity (Wildman–Crippen MR) is 379 cm³/mol. The smallest absolute Gasteiger partial charge is 0.342 e. The Morgan fingerprint density at radius 2 is 0.650 bits per heavy atom. The molecule has 2 saturated heterocycles. The lowest BCUT2D eigenvalue weighted by Crippen LogP contribution is -2.63. The van der Waals surface area contributed by atoms with Crippen LogP contribution in [0, 0.1) is 0 Å². The molecule has 0 bridgehead atoms. The lowest BCUT2D eigenvalue weighted by molar-refractivity contribution is -0.284. The summed E-state index contributed by atoms with van der Waals surface area (Å²) >= 11 is 0. The molecule has 0 spiro atoms. The first-order chi connectivity index (χ1) is 57.9. The van der Waals surface area contributed by atoms with Gasteiger partial charge in [0.1, 0.15) is 31.0 Å². The van der Waals surface area contributed by atoms with Gasteiger partial charge in [-0.3, -0.25) is 0 Å². The first kappa shape index (κ1) is 82.2. The Labute approximate surface area is 675 Å². The molecule has 0 amide bonds. The standard InChI is InChI=1S/C75H52O48/c76-23-1-14(2-24(77)42(23)86)65(102)112-12-34-59(61-63(74(111)115-34)121-71(108)19-8-30(83)46(90)53(97)38(19)36-17(69(106)119-61)6-28(81)44(88)51(36)95)118-73(110)22-10-32(85)49(93)57(101)58(22)114-33-11-21-41(56(100)50(33)94)40-16(5-27(80)48(92)55(40)99)68(105)117-60-35(13-113-67(21)104)116-75(123-66(103)15-3-25(78)43(87)26(79)4-15)64-62(60)120-70(107)18-7-29(82)45(89)52(96)37(18)39-20(72(109)122-64)9-31(84)47(91)54(39)98/h1-11,34-35,59-64,74-101,111H,12-13H2/t34-,35-,59-,60-,61+,62+,63-,64-,74+,75+/m1/s1. The highest BCUT2D eigenvalue weighted by Crippen LogP contribution is 2.59. The van der Waals surface area contributed by atoms with Gasteiger partial charge in [0, 0.05) is 45.5 Å². The Balaban J connectivity index is 0.884. The van der Waals surface area contributed by atoms with E-state index in [9.17, 15) is 167 Å². The number of carbonyl (C=O) groups is 9. The molecule has 9 aromatic rings. The number of aromatic hydroxyl groups is 26. The summed E-state index contributed by atoms with van der Waals surface area (Å²) in [6, 6.07) is 3.69. The van der Waals surface area contributed by atoms with Gasteiger partial charge in [-0.15, -0.1) is 0 Å². The third-order valence-corrected chi connectivity index (χ3v) is 19.5. The molecule has 123 heavy (non-hydrogen) atoms. The maximum Gasteiger partial charge on any atom is 0.342 e. The maximum atomic E-state index is 15.3. The van der Waals surface area contributed by atoms with Crippen molar-refractivity contribution < 1.29 is 238 Å². The molecular formula is C75H52O48. The van der Waals surface area contributed by atoms with E-state index in [4.69, 9.17) is 56.8 Å². The number of phenolic OH excluding ortho intramolecular Hbond substituents is 26. The number of carbonyl (C=O) groups excluding carboxylic acids is 9. The van der Waals surface area contributed by atoms with Crippen LogP contribution in [0.4, 0.5) is 0 Å². The number of phenols is 26. The maximum absolute atomic E-state index is 15.3. The van der Waals surface area contributed by atoms with Gasteiger partial charge in [-0.05, 0) is 54.6 Å². The van der Waals surface area contributed by atoms with Crippen LogP contribution < -0.4 is 4.74 Å². The van der Waals surface area contributed by atoms with Gasteiger partial charge in [0.15, 0.2) is 152 Å². The van der Waals surface area contributed by atoms with E-state index < -0.39 is 373 Å². The zero-order chi connectivity index (χ0) is 89.5. The molecule has 640 valence electrons. The summed E-state index contributed by atoms with van der Waals surface area (Å²) < 4.78 is 67.8. The van der Waals surface area contributed by atoms with Crippen LogP contribution in [-0.4, -0.2) is 266 Å². The van der Waals surface area contributed by atoms with Gasteiger partial charge in [-0.2, -0.15) is 0 Å². The van der Waals surface area contributed by atoms with Crippen LogP contribution in [0.5, 0.6) is 161 Å². The average Bonchev–Trinajstić information content (AvgIpc) is 1.37. The fourth-order valence-electron chi connectivity index (χ4n) is 13.6. The van der Waals surface area contributed by atoms with E-state index in [0.717, 1.165) is 0 Å². The molecule has 9 aromatic carbocycles. The highest BCUT2D eigenvalue weighted by Gasteiger charge is 2.58. The van der Waals surface area contributed by atoms with E-state index in [1.54, 1.807) is 0 Å². The second kappa shape index (κ2) is 30.0. The van der Waals surface area contributed by atoms with Crippen LogP contribution in [0.1, 0.15) is 93.2 Å². The molecule has 5 aliphatic heterocycles. The van der Waals surface area contributed by atoms with E-state index >= 15 is 14.4 Å². The molecule has 14 rings (SSSR count). The molecule has 0 aromatic heterocycles. The van der Waals surface area contributed by atoms with Crippen molar-refractivity contribution in [2.45, 2.75) is 61.4 Å². The third-order valence-electron chi connectivity index (χ3n) is 19.5. The van der Waals surface area contributed by atoms with Gasteiger partial charge in [0.25, 0.3) is 0 Å². The number of esters is 9. The van der Waals surface area contributed by atoms with Crippen molar-refractivity contribution in [3.05, 3.63) is 117 Å². The Bertz CT molecular complexity index is 6140. The Hall–Kier alpha value is -17.3. The number of ether oxygens (including phenoxy) is 12. The fourth-order valence-corrected chi connectivity index (χ4v) is 13.6. The number of rotatable bonds is 9. The van der Waals surface area contributed by atoms with Crippen molar-refractivity contribution in [2.24, 2.45) is 0 Å². The molecule has 5 heterocycles. The zero-order valence-electron chi connectivity index (χ0n) is 60.2. The van der Waals surface area contributed by atoms with Crippen LogP contribution in [-0.2, 0) is 52.1 Å². The average molecular weight is 1720 g/mol. The lowest BCUT2D eigenvalue weighted by Gasteiger charge is -2.44. The van der Waals surface area contributed by atoms with Crippen molar-refractivity contribution in [1.82, 2.24) is 0 Å². The molecule has 48 heteroatoms. The second-order valence-electron chi connectivity index (χ2n) is 26.8. The SMILES string of the molecule is O=C(OC[C@H]1O[C@H](O)[C@@H]2OC(=O)c3cc(O)c(O)c(O)c3-c3c(cc(O)c(O)c3O)C(=O)O[C@H]2[C@@H]1OC(=O)c1cc(O)c(O)c(O)c1Oc1cc2c(c(O)c1O)-c1c(cc(O)c(O)c1O)C(=O)O[C@H]1[C@@H]3OC(=O)c4cc(O)c(O)c(O)c4-c4c(cc(O)c(O)c4O)C(=O)O[C@H]3[C@H](OC(=O)c3cc(O)c(O)c(O)c3)O[C@@H]1COC2=O)c1cc(O)c(O)c(O)c1. The van der Waals surface area contributed by atoms with Gasteiger partial charge < -0.3 is 195 Å². The van der Waals surface area contributed by atoms with Crippen LogP contribution in [0.25, 0.3) is 33.4 Å². The monoisotopic (exact) mass is 1720 g/mol. The number of hydrogen-bond acceptors (Lipinski definition) is 48. The van der Waals surface area contributed by atoms with Gasteiger partial charge in [-0.25, -0.2) is 43.2 Å². The third kappa shape index (κ3) is 13.6. The Morgan fingerprint density at radius 3 is 1.07 bits per heavy atom. The molecule has 2 fully saturated rings. The number of hydrogen-bond donors (Lipinski definition) is 27. The van der Waals surface area contributed by atoms with Crippen molar-refractivity contribution in [3.63, 3.8) is 0 Å². The molecule has 0 unspecified atom stereocenters. The van der Waals surface area contributed by atoms with E-state index in [1.807, 2.05) is 0 Å². The first-order valence-corrected chi connectivity index (χ1v) is 34.2. The Morgan fingerprint density at radius 1 is 0.317 bits per heavy atom. The zero-order valence-corrected chi connectivity index (χ0v) is 60.2. The van der Waals surface area contributed by atoms with Crippen LogP contribution in [0.2, 0.25) is 0 Å². The number of aliphatic hydroxyl groups is 1. The molecule has 48 nitrogen and oxygen atoms in total. The molecule has 5 aliphatic rings. The summed E-state index contributed by atoms with van der Waals surface area (Å²) in [6.07, 6.45) is -27.2. The lowest BCUT2D eigenvalue weighted by atomic mass is 9.91. The molecular weight excluding hydrogens is 1670 g/mol. The summed E-state index contributed by atoms with van der Waals surface area (Å²) in [7, 11) is 0. The second-order valence-corrected chi connectivity index (χ2v) is 26.8. The molecule has 27 N–H and O–H groups in total. The summed E-state index contributed by atoms with van der Waals surface area (Å²) in [5.74, 6) is -59.7. The summed E-state index contributed by atoms with van der Waals surface area (Å²) in [6.45, 7) is -3.08. The normalized spacial score (nSPS) is 20.3. The van der Waals surface area contributed by atoms with Crippen molar-refractivity contribution in [1.29, 1.82) is 0 Å². The summed E-state index contributed by atoms with van der Waals surface area (Å²) in [5.41, 5.74) is -18.9. The fraction of sp³-hybridized carbons (Fsp3) is 0.160. The minimum Gasteiger partial charge on any atom is -0.504 e. The Kier molecular flexibility index (Phi) is 20.1. The van der Waals surface area contributed by atoms with Gasteiger partial charge >= 0.3 is 53.7 Å². The van der Waals surface area contributed by atoms with E-state index in [-0.39, 0.29) is 18.2 Å². The van der Waals surface area contributed by atoms with Crippen LogP contribution in [0.3, 0.4) is 0 Å². The van der Waals surface area contributed by atoms with E-state index in [0.29, 0.717) is 48.5 Å². The molecule has 0 saturated carbocycles. The molecule has 10 atom stereocenters. The number of cyclic esters (lactones) is 1. The number of benzene rings is 9.